The molecule has 1 aromatic heterocycles. The Morgan fingerprint density at radius 1 is 1.36 bits per heavy atom. The zero-order valence-electron chi connectivity index (χ0n) is 14.0. The summed E-state index contributed by atoms with van der Waals surface area (Å²) in [6, 6.07) is 5.57. The molecule has 25 heavy (non-hydrogen) atoms. The Hall–Kier alpha value is -1.59. The molecule has 0 fully saturated rings. The van der Waals surface area contributed by atoms with E-state index in [0.29, 0.717) is 24.6 Å². The fourth-order valence-corrected chi connectivity index (χ4v) is 4.83. The highest BCUT2D eigenvalue weighted by Gasteiger charge is 2.26. The first-order valence-electron chi connectivity index (χ1n) is 8.85. The lowest BCUT2D eigenvalue weighted by molar-refractivity contribution is -0.126. The van der Waals surface area contributed by atoms with Gasteiger partial charge in [0, 0.05) is 22.9 Å². The Morgan fingerprint density at radius 3 is 3.12 bits per heavy atom. The van der Waals surface area contributed by atoms with Gasteiger partial charge in [0.25, 0.3) is 0 Å². The highest BCUT2D eigenvalue weighted by Crippen LogP contribution is 2.30. The van der Waals surface area contributed by atoms with E-state index >= 15 is 0 Å². The SMILES string of the molecule is O=C(NCCc1nc2c(s1)CCCC2)[C@@H]1COc2ccc(Cl)cc2C1. The number of amides is 1. The lowest BCUT2D eigenvalue weighted by Crippen LogP contribution is -2.38. The van der Waals surface area contributed by atoms with E-state index in [2.05, 4.69) is 5.32 Å². The lowest BCUT2D eigenvalue weighted by Gasteiger charge is -2.24. The molecule has 1 aliphatic carbocycles. The topological polar surface area (TPSA) is 51.2 Å². The molecule has 4 rings (SSSR count). The molecule has 4 nitrogen and oxygen atoms in total. The van der Waals surface area contributed by atoms with Crippen LogP contribution in [0.4, 0.5) is 0 Å². The van der Waals surface area contributed by atoms with Gasteiger partial charge in [-0.15, -0.1) is 11.3 Å². The number of benzene rings is 1. The van der Waals surface area contributed by atoms with Crippen LogP contribution in [0.2, 0.25) is 5.02 Å². The van der Waals surface area contributed by atoms with Crippen molar-refractivity contribution >= 4 is 28.8 Å². The Balaban J connectivity index is 1.30. The van der Waals surface area contributed by atoms with Gasteiger partial charge in [0.05, 0.1) is 16.6 Å². The van der Waals surface area contributed by atoms with E-state index in [9.17, 15) is 4.79 Å². The Bertz CT molecular complexity index is 766. The number of nitrogens with zero attached hydrogens (tertiary/aromatic N) is 1. The smallest absolute Gasteiger partial charge is 0.226 e. The first kappa shape index (κ1) is 16.9. The van der Waals surface area contributed by atoms with Crippen molar-refractivity contribution in [3.05, 3.63) is 44.4 Å². The second-order valence-corrected chi connectivity index (χ2v) is 8.29. The molecule has 1 atom stereocenters. The van der Waals surface area contributed by atoms with Crippen molar-refractivity contribution in [1.29, 1.82) is 0 Å². The third kappa shape index (κ3) is 3.82. The zero-order chi connectivity index (χ0) is 17.2. The molecule has 0 spiro atoms. The molecule has 6 heteroatoms. The molecule has 0 bridgehead atoms. The van der Waals surface area contributed by atoms with Crippen molar-refractivity contribution in [1.82, 2.24) is 10.3 Å². The molecule has 2 heterocycles. The molecule has 0 unspecified atom stereocenters. The quantitative estimate of drug-likeness (QED) is 0.887. The summed E-state index contributed by atoms with van der Waals surface area (Å²) in [4.78, 5) is 18.6. The second kappa shape index (κ2) is 7.34. The van der Waals surface area contributed by atoms with Crippen LogP contribution in [0.15, 0.2) is 18.2 Å². The van der Waals surface area contributed by atoms with Crippen molar-refractivity contribution < 1.29 is 9.53 Å². The van der Waals surface area contributed by atoms with E-state index in [4.69, 9.17) is 21.3 Å². The van der Waals surface area contributed by atoms with Gasteiger partial charge in [0.1, 0.15) is 12.4 Å². The average molecular weight is 377 g/mol. The van der Waals surface area contributed by atoms with Crippen LogP contribution in [0.1, 0.15) is 34.0 Å². The molecular formula is C19H21ClN2O2S. The van der Waals surface area contributed by atoms with Gasteiger partial charge in [-0.05, 0) is 55.9 Å². The summed E-state index contributed by atoms with van der Waals surface area (Å²) in [7, 11) is 0. The summed E-state index contributed by atoms with van der Waals surface area (Å²) in [5, 5.41) is 4.86. The number of carbonyl (C=O) groups is 1. The van der Waals surface area contributed by atoms with Gasteiger partial charge in [0.2, 0.25) is 5.91 Å². The number of rotatable bonds is 4. The number of hydrogen-bond donors (Lipinski definition) is 1. The molecular weight excluding hydrogens is 356 g/mol. The number of hydrogen-bond acceptors (Lipinski definition) is 4. The maximum absolute atomic E-state index is 12.4. The van der Waals surface area contributed by atoms with Gasteiger partial charge < -0.3 is 10.1 Å². The Labute approximate surface area is 156 Å². The fourth-order valence-electron chi connectivity index (χ4n) is 3.48. The lowest BCUT2D eigenvalue weighted by atomic mass is 9.96. The monoisotopic (exact) mass is 376 g/mol. The molecule has 0 saturated carbocycles. The van der Waals surface area contributed by atoms with E-state index < -0.39 is 0 Å². The third-order valence-corrected chi connectivity index (χ3v) is 6.28. The summed E-state index contributed by atoms with van der Waals surface area (Å²) in [6.07, 6.45) is 6.28. The van der Waals surface area contributed by atoms with Gasteiger partial charge >= 0.3 is 0 Å². The first-order chi connectivity index (χ1) is 12.2. The van der Waals surface area contributed by atoms with Crippen LogP contribution in [0.3, 0.4) is 0 Å². The van der Waals surface area contributed by atoms with E-state index in [0.717, 1.165) is 29.2 Å². The highest BCUT2D eigenvalue weighted by atomic mass is 35.5. The number of ether oxygens (including phenoxy) is 1. The number of aromatic nitrogens is 1. The summed E-state index contributed by atoms with van der Waals surface area (Å²) >= 11 is 7.85. The summed E-state index contributed by atoms with van der Waals surface area (Å²) in [6.45, 7) is 1.05. The van der Waals surface area contributed by atoms with Gasteiger partial charge in [-0.1, -0.05) is 11.6 Å². The van der Waals surface area contributed by atoms with Gasteiger partial charge in [0.15, 0.2) is 0 Å². The van der Waals surface area contributed by atoms with Crippen LogP contribution in [0.25, 0.3) is 0 Å². The molecule has 1 N–H and O–H groups in total. The first-order valence-corrected chi connectivity index (χ1v) is 10.0. The molecule has 132 valence electrons. The molecule has 1 amide bonds. The number of carbonyl (C=O) groups excluding carboxylic acids is 1. The van der Waals surface area contributed by atoms with Crippen LogP contribution in [0, 0.1) is 5.92 Å². The number of fused-ring (bicyclic) bond motifs is 2. The average Bonchev–Trinajstić information content (AvgIpc) is 3.03. The van der Waals surface area contributed by atoms with Gasteiger partial charge in [-0.2, -0.15) is 0 Å². The molecule has 2 aromatic rings. The van der Waals surface area contributed by atoms with Gasteiger partial charge in [-0.3, -0.25) is 4.79 Å². The van der Waals surface area contributed by atoms with Crippen molar-refractivity contribution in [3.8, 4) is 5.75 Å². The Kier molecular flexibility index (Phi) is 4.95. The summed E-state index contributed by atoms with van der Waals surface area (Å²) in [5.74, 6) is 0.726. The normalized spacial score (nSPS) is 18.8. The van der Waals surface area contributed by atoms with Crippen molar-refractivity contribution in [3.63, 3.8) is 0 Å². The maximum Gasteiger partial charge on any atom is 0.226 e. The minimum atomic E-state index is -0.157. The largest absolute Gasteiger partial charge is 0.492 e. The van der Waals surface area contributed by atoms with Crippen LogP contribution in [-0.2, 0) is 30.5 Å². The van der Waals surface area contributed by atoms with Crippen molar-refractivity contribution in [2.24, 2.45) is 5.92 Å². The van der Waals surface area contributed by atoms with E-state index in [-0.39, 0.29) is 11.8 Å². The van der Waals surface area contributed by atoms with E-state index in [1.165, 1.54) is 29.8 Å². The highest BCUT2D eigenvalue weighted by molar-refractivity contribution is 7.11. The summed E-state index contributed by atoms with van der Waals surface area (Å²) in [5.41, 5.74) is 2.29. The number of aryl methyl sites for hydroxylation is 2. The second-order valence-electron chi connectivity index (χ2n) is 6.69. The predicted molar refractivity (Wildman–Crippen MR) is 99.6 cm³/mol. The zero-order valence-corrected chi connectivity index (χ0v) is 15.6. The summed E-state index contributed by atoms with van der Waals surface area (Å²) < 4.78 is 5.70. The van der Waals surface area contributed by atoms with Crippen LogP contribution < -0.4 is 10.1 Å². The molecule has 0 saturated heterocycles. The Morgan fingerprint density at radius 2 is 2.24 bits per heavy atom. The molecule has 1 aliphatic heterocycles. The van der Waals surface area contributed by atoms with Crippen molar-refractivity contribution in [2.45, 2.75) is 38.5 Å². The van der Waals surface area contributed by atoms with Gasteiger partial charge in [-0.25, -0.2) is 4.98 Å². The fraction of sp³-hybridized carbons (Fsp3) is 0.474. The van der Waals surface area contributed by atoms with Crippen molar-refractivity contribution in [2.75, 3.05) is 13.2 Å². The number of thiazole rings is 1. The van der Waals surface area contributed by atoms with E-state index in [1.54, 1.807) is 0 Å². The molecule has 0 radical (unpaired) electrons. The minimum Gasteiger partial charge on any atom is -0.492 e. The van der Waals surface area contributed by atoms with Crippen LogP contribution in [0.5, 0.6) is 5.75 Å². The predicted octanol–water partition coefficient (Wildman–Crippen LogP) is 3.59. The van der Waals surface area contributed by atoms with E-state index in [1.807, 2.05) is 29.5 Å². The maximum atomic E-state index is 12.4. The van der Waals surface area contributed by atoms with Crippen LogP contribution >= 0.6 is 22.9 Å². The number of halogens is 1. The molecule has 2 aliphatic rings. The standard InChI is InChI=1S/C19H21ClN2O2S/c20-14-5-6-16-12(10-14)9-13(11-24-16)19(23)21-8-7-18-22-15-3-1-2-4-17(15)25-18/h5-6,10,13H,1-4,7-9,11H2,(H,21,23)/t13-/m0/s1. The minimum absolute atomic E-state index is 0.0481. The third-order valence-electron chi connectivity index (χ3n) is 4.83. The molecule has 1 aromatic carbocycles. The van der Waals surface area contributed by atoms with Crippen LogP contribution in [-0.4, -0.2) is 24.0 Å². The number of nitrogens with one attached hydrogen (secondary N) is 1.